The van der Waals surface area contributed by atoms with E-state index in [1.165, 1.54) is 0 Å². The van der Waals surface area contributed by atoms with Crippen LogP contribution in [0.1, 0.15) is 31.7 Å². The van der Waals surface area contributed by atoms with E-state index in [4.69, 9.17) is 5.73 Å². The topological polar surface area (TPSA) is 83.6 Å². The molecule has 0 aliphatic rings. The van der Waals surface area contributed by atoms with Crippen molar-refractivity contribution in [3.63, 3.8) is 0 Å². The number of nitrogens with two attached hydrogens (primary N) is 1. The van der Waals surface area contributed by atoms with Gasteiger partial charge in [0.05, 0.1) is 6.04 Å². The van der Waals surface area contributed by atoms with Crippen LogP contribution >= 0.6 is 0 Å². The summed E-state index contributed by atoms with van der Waals surface area (Å²) in [4.78, 5) is 22.1. The summed E-state index contributed by atoms with van der Waals surface area (Å²) in [6, 6.07) is 9.56. The molecule has 0 saturated carbocycles. The average molecular weight is 264 g/mol. The average Bonchev–Trinajstić information content (AvgIpc) is 2.42. The van der Waals surface area contributed by atoms with E-state index in [2.05, 4.69) is 0 Å². The van der Waals surface area contributed by atoms with Gasteiger partial charge in [0.1, 0.15) is 0 Å². The lowest BCUT2D eigenvalue weighted by atomic mass is 10.1. The fraction of sp³-hybridized carbons (Fsp3) is 0.429. The number of amides is 2. The van der Waals surface area contributed by atoms with Crippen LogP contribution in [0.4, 0.5) is 0 Å². The first-order chi connectivity index (χ1) is 9.00. The quantitative estimate of drug-likeness (QED) is 0.578. The smallest absolute Gasteiger partial charge is 0.246 e. The zero-order valence-corrected chi connectivity index (χ0v) is 11.1. The highest BCUT2D eigenvalue weighted by atomic mass is 16.5. The Balaban J connectivity index is 2.37. The van der Waals surface area contributed by atoms with Crippen molar-refractivity contribution in [2.24, 2.45) is 5.73 Å². The van der Waals surface area contributed by atoms with E-state index >= 15 is 0 Å². The molecule has 1 aromatic carbocycles. The zero-order valence-electron chi connectivity index (χ0n) is 11.1. The number of rotatable bonds is 7. The number of hydroxylamine groups is 2. The molecule has 0 spiro atoms. The van der Waals surface area contributed by atoms with Crippen molar-refractivity contribution in [3.8, 4) is 0 Å². The molecule has 5 nitrogen and oxygen atoms in total. The van der Waals surface area contributed by atoms with Crippen LogP contribution in [0, 0.1) is 0 Å². The standard InChI is InChI=1S/C14H20N2O3/c1-11(7-8-12-5-3-2-4-6-12)16(19)14(18)10-9-13(15)17/h2-6,11,19H,7-10H2,1H3,(H2,15,17). The molecule has 0 radical (unpaired) electrons. The van der Waals surface area contributed by atoms with Crippen LogP contribution in [0.5, 0.6) is 0 Å². The van der Waals surface area contributed by atoms with Crippen molar-refractivity contribution in [1.82, 2.24) is 5.06 Å². The minimum absolute atomic E-state index is 0.0404. The highest BCUT2D eigenvalue weighted by Crippen LogP contribution is 2.09. The molecule has 1 rings (SSSR count). The van der Waals surface area contributed by atoms with Crippen LogP contribution in [0.3, 0.4) is 0 Å². The Labute approximate surface area is 113 Å². The predicted molar refractivity (Wildman–Crippen MR) is 71.3 cm³/mol. The van der Waals surface area contributed by atoms with E-state index in [9.17, 15) is 14.8 Å². The summed E-state index contributed by atoms with van der Waals surface area (Å²) < 4.78 is 0. The Hall–Kier alpha value is -1.88. The van der Waals surface area contributed by atoms with Gasteiger partial charge in [-0.1, -0.05) is 30.3 Å². The third-order valence-corrected chi connectivity index (χ3v) is 2.95. The van der Waals surface area contributed by atoms with Gasteiger partial charge in [-0.25, -0.2) is 5.06 Å². The number of carbonyl (C=O) groups excluding carboxylic acids is 2. The molecular weight excluding hydrogens is 244 g/mol. The Bertz CT molecular complexity index is 420. The van der Waals surface area contributed by atoms with Gasteiger partial charge in [0.2, 0.25) is 11.8 Å². The van der Waals surface area contributed by atoms with Gasteiger partial charge >= 0.3 is 0 Å². The molecule has 1 aromatic rings. The van der Waals surface area contributed by atoms with Gasteiger partial charge < -0.3 is 5.73 Å². The van der Waals surface area contributed by atoms with Crippen LogP contribution in [-0.4, -0.2) is 28.1 Å². The Morgan fingerprint density at radius 1 is 1.26 bits per heavy atom. The molecule has 0 aliphatic heterocycles. The van der Waals surface area contributed by atoms with E-state index < -0.39 is 11.8 Å². The van der Waals surface area contributed by atoms with Crippen molar-refractivity contribution >= 4 is 11.8 Å². The normalized spacial score (nSPS) is 11.9. The molecule has 0 saturated heterocycles. The maximum atomic E-state index is 11.6. The molecular formula is C14H20N2O3. The Morgan fingerprint density at radius 3 is 2.47 bits per heavy atom. The first-order valence-electron chi connectivity index (χ1n) is 6.34. The lowest BCUT2D eigenvalue weighted by molar-refractivity contribution is -0.175. The van der Waals surface area contributed by atoms with Gasteiger partial charge in [-0.2, -0.15) is 0 Å². The van der Waals surface area contributed by atoms with Gasteiger partial charge in [-0.05, 0) is 25.3 Å². The number of nitrogens with zero attached hydrogens (tertiary/aromatic N) is 1. The van der Waals surface area contributed by atoms with Gasteiger partial charge in [-0.15, -0.1) is 0 Å². The van der Waals surface area contributed by atoms with Crippen molar-refractivity contribution in [2.75, 3.05) is 0 Å². The predicted octanol–water partition coefficient (Wildman–Crippen LogP) is 1.49. The van der Waals surface area contributed by atoms with Gasteiger partial charge in [0.25, 0.3) is 0 Å². The highest BCUT2D eigenvalue weighted by Gasteiger charge is 2.18. The molecule has 0 aromatic heterocycles. The van der Waals surface area contributed by atoms with Gasteiger partial charge in [0, 0.05) is 12.8 Å². The molecule has 1 unspecified atom stereocenters. The number of primary amides is 1. The van der Waals surface area contributed by atoms with Gasteiger partial charge in [-0.3, -0.25) is 14.8 Å². The first-order valence-corrected chi connectivity index (χ1v) is 6.34. The van der Waals surface area contributed by atoms with Crippen LogP contribution in [-0.2, 0) is 16.0 Å². The molecule has 19 heavy (non-hydrogen) atoms. The molecule has 3 N–H and O–H groups in total. The second-order valence-electron chi connectivity index (χ2n) is 4.58. The lowest BCUT2D eigenvalue weighted by Gasteiger charge is -2.22. The molecule has 104 valence electrons. The molecule has 0 fully saturated rings. The second kappa shape index (κ2) is 7.53. The number of aryl methyl sites for hydroxylation is 1. The largest absolute Gasteiger partial charge is 0.370 e. The van der Waals surface area contributed by atoms with Crippen molar-refractivity contribution < 1.29 is 14.8 Å². The number of benzene rings is 1. The molecule has 5 heteroatoms. The molecule has 2 amide bonds. The summed E-state index contributed by atoms with van der Waals surface area (Å²) in [6.45, 7) is 1.77. The summed E-state index contributed by atoms with van der Waals surface area (Å²) in [5.41, 5.74) is 6.12. The summed E-state index contributed by atoms with van der Waals surface area (Å²) >= 11 is 0. The molecule has 0 aliphatic carbocycles. The second-order valence-corrected chi connectivity index (χ2v) is 4.58. The Kier molecular flexibility index (Phi) is 6.02. The van der Waals surface area contributed by atoms with Crippen LogP contribution in [0.2, 0.25) is 0 Å². The molecule has 1 atom stereocenters. The van der Waals surface area contributed by atoms with E-state index in [1.54, 1.807) is 6.92 Å². The van der Waals surface area contributed by atoms with Crippen LogP contribution < -0.4 is 5.73 Å². The fourth-order valence-electron chi connectivity index (χ4n) is 1.73. The van der Waals surface area contributed by atoms with E-state index in [-0.39, 0.29) is 18.9 Å². The summed E-state index contributed by atoms with van der Waals surface area (Å²) in [5, 5.41) is 10.4. The maximum absolute atomic E-state index is 11.6. The first kappa shape index (κ1) is 15.2. The van der Waals surface area contributed by atoms with Crippen LogP contribution in [0.15, 0.2) is 30.3 Å². The van der Waals surface area contributed by atoms with Crippen molar-refractivity contribution in [2.45, 2.75) is 38.6 Å². The molecule has 0 heterocycles. The van der Waals surface area contributed by atoms with Crippen molar-refractivity contribution in [1.29, 1.82) is 0 Å². The Morgan fingerprint density at radius 2 is 1.89 bits per heavy atom. The van der Waals surface area contributed by atoms with Gasteiger partial charge in [0.15, 0.2) is 0 Å². The zero-order chi connectivity index (χ0) is 14.3. The summed E-state index contributed by atoms with van der Waals surface area (Å²) in [5.74, 6) is -1.02. The highest BCUT2D eigenvalue weighted by molar-refractivity contribution is 5.82. The fourth-order valence-corrected chi connectivity index (χ4v) is 1.73. The third-order valence-electron chi connectivity index (χ3n) is 2.95. The lowest BCUT2D eigenvalue weighted by Crippen LogP contribution is -2.36. The van der Waals surface area contributed by atoms with E-state index in [0.717, 1.165) is 12.0 Å². The van der Waals surface area contributed by atoms with Crippen molar-refractivity contribution in [3.05, 3.63) is 35.9 Å². The minimum atomic E-state index is -0.543. The maximum Gasteiger partial charge on any atom is 0.246 e. The SMILES string of the molecule is CC(CCc1ccccc1)N(O)C(=O)CCC(N)=O. The number of hydrogen-bond acceptors (Lipinski definition) is 3. The monoisotopic (exact) mass is 264 g/mol. The number of hydrogen-bond donors (Lipinski definition) is 2. The van der Waals surface area contributed by atoms with E-state index in [0.29, 0.717) is 11.5 Å². The van der Waals surface area contributed by atoms with E-state index in [1.807, 2.05) is 30.3 Å². The minimum Gasteiger partial charge on any atom is -0.370 e. The number of carbonyl (C=O) groups is 2. The summed E-state index contributed by atoms with van der Waals surface area (Å²) in [6.07, 6.45) is 1.34. The van der Waals surface area contributed by atoms with Crippen LogP contribution in [0.25, 0.3) is 0 Å². The summed E-state index contributed by atoms with van der Waals surface area (Å²) in [7, 11) is 0. The molecule has 0 bridgehead atoms. The third kappa shape index (κ3) is 5.52.